The number of rotatable bonds is 0. The highest BCUT2D eigenvalue weighted by Crippen LogP contribution is 2.23. The summed E-state index contributed by atoms with van der Waals surface area (Å²) < 4.78 is 0. The Morgan fingerprint density at radius 1 is 1.07 bits per heavy atom. The van der Waals surface area contributed by atoms with E-state index in [0.717, 1.165) is 4.90 Å². The Morgan fingerprint density at radius 2 is 1.60 bits per heavy atom. The average molecular weight is 206 g/mol. The predicted octanol–water partition coefficient (Wildman–Crippen LogP) is 1.52. The summed E-state index contributed by atoms with van der Waals surface area (Å²) in [7, 11) is 1.46. The van der Waals surface area contributed by atoms with Crippen molar-refractivity contribution in [2.24, 2.45) is 0 Å². The minimum Gasteiger partial charge on any atom is -0.399 e. The van der Waals surface area contributed by atoms with E-state index in [9.17, 15) is 9.59 Å². The van der Waals surface area contributed by atoms with E-state index in [0.29, 0.717) is 16.8 Å². The lowest BCUT2D eigenvalue weighted by Gasteiger charge is -2.02. The maximum atomic E-state index is 11.4. The number of nitrogen functional groups attached to an aromatic ring is 1. The SMILES string of the molecule is CC.CN1C(=O)c2ccc(N)cc2C1=O. The highest BCUT2D eigenvalue weighted by Gasteiger charge is 2.32. The minimum absolute atomic E-state index is 0.264. The number of amides is 2. The van der Waals surface area contributed by atoms with Crippen molar-refractivity contribution in [1.82, 2.24) is 4.90 Å². The molecule has 80 valence electrons. The van der Waals surface area contributed by atoms with Gasteiger partial charge < -0.3 is 5.73 Å². The van der Waals surface area contributed by atoms with Gasteiger partial charge in [0.2, 0.25) is 0 Å². The van der Waals surface area contributed by atoms with E-state index in [1.807, 2.05) is 13.8 Å². The van der Waals surface area contributed by atoms with Crippen molar-refractivity contribution in [2.75, 3.05) is 12.8 Å². The molecule has 0 saturated heterocycles. The van der Waals surface area contributed by atoms with Crippen molar-refractivity contribution in [3.8, 4) is 0 Å². The molecular weight excluding hydrogens is 192 g/mol. The topological polar surface area (TPSA) is 63.4 Å². The van der Waals surface area contributed by atoms with Crippen LogP contribution in [0.15, 0.2) is 18.2 Å². The van der Waals surface area contributed by atoms with Crippen molar-refractivity contribution in [3.63, 3.8) is 0 Å². The number of anilines is 1. The second kappa shape index (κ2) is 4.13. The van der Waals surface area contributed by atoms with Gasteiger partial charge in [-0.1, -0.05) is 13.8 Å². The normalized spacial score (nSPS) is 13.4. The maximum absolute atomic E-state index is 11.4. The molecule has 2 amide bonds. The molecule has 4 nitrogen and oxygen atoms in total. The summed E-state index contributed by atoms with van der Waals surface area (Å²) in [4.78, 5) is 23.9. The molecule has 0 atom stereocenters. The highest BCUT2D eigenvalue weighted by molar-refractivity contribution is 6.21. The van der Waals surface area contributed by atoms with Gasteiger partial charge in [0.15, 0.2) is 0 Å². The van der Waals surface area contributed by atoms with Gasteiger partial charge in [0.25, 0.3) is 11.8 Å². The van der Waals surface area contributed by atoms with Crippen LogP contribution in [0.5, 0.6) is 0 Å². The second-order valence-electron chi connectivity index (χ2n) is 2.97. The number of carbonyl (C=O) groups is 2. The van der Waals surface area contributed by atoms with Gasteiger partial charge in [-0.3, -0.25) is 14.5 Å². The summed E-state index contributed by atoms with van der Waals surface area (Å²) >= 11 is 0. The third-order valence-electron chi connectivity index (χ3n) is 2.11. The third kappa shape index (κ3) is 1.70. The fraction of sp³-hybridized carbons (Fsp3) is 0.273. The number of hydrogen-bond donors (Lipinski definition) is 1. The monoisotopic (exact) mass is 206 g/mol. The molecular formula is C11H14N2O2. The van der Waals surface area contributed by atoms with Crippen LogP contribution < -0.4 is 5.73 Å². The first-order chi connectivity index (χ1) is 7.11. The fourth-order valence-electron chi connectivity index (χ4n) is 1.38. The van der Waals surface area contributed by atoms with E-state index < -0.39 is 0 Å². The quantitative estimate of drug-likeness (QED) is 0.517. The van der Waals surface area contributed by atoms with Crippen LogP contribution in [0.1, 0.15) is 34.6 Å². The van der Waals surface area contributed by atoms with E-state index >= 15 is 0 Å². The lowest BCUT2D eigenvalue weighted by Crippen LogP contribution is -2.24. The van der Waals surface area contributed by atoms with Crippen LogP contribution in [0.4, 0.5) is 5.69 Å². The Kier molecular flexibility index (Phi) is 3.09. The van der Waals surface area contributed by atoms with Gasteiger partial charge in [0, 0.05) is 12.7 Å². The molecule has 1 aromatic carbocycles. The molecule has 1 aliphatic heterocycles. The van der Waals surface area contributed by atoms with Gasteiger partial charge in [-0.25, -0.2) is 0 Å². The number of hydrogen-bond acceptors (Lipinski definition) is 3. The number of imide groups is 1. The van der Waals surface area contributed by atoms with E-state index in [4.69, 9.17) is 5.73 Å². The van der Waals surface area contributed by atoms with Gasteiger partial charge in [-0.05, 0) is 18.2 Å². The van der Waals surface area contributed by atoms with E-state index in [2.05, 4.69) is 0 Å². The maximum Gasteiger partial charge on any atom is 0.261 e. The van der Waals surface area contributed by atoms with Crippen molar-refractivity contribution >= 4 is 17.5 Å². The predicted molar refractivity (Wildman–Crippen MR) is 58.6 cm³/mol. The molecule has 1 aliphatic rings. The Balaban J connectivity index is 0.000000531. The van der Waals surface area contributed by atoms with Gasteiger partial charge in [0.05, 0.1) is 11.1 Å². The Labute approximate surface area is 88.7 Å². The molecule has 0 aromatic heterocycles. The fourth-order valence-corrected chi connectivity index (χ4v) is 1.38. The number of nitrogens with two attached hydrogens (primary N) is 1. The Hall–Kier alpha value is -1.84. The molecule has 15 heavy (non-hydrogen) atoms. The summed E-state index contributed by atoms with van der Waals surface area (Å²) in [5, 5.41) is 0. The molecule has 0 spiro atoms. The van der Waals surface area contributed by atoms with Crippen LogP contribution in [0, 0.1) is 0 Å². The molecule has 0 saturated carbocycles. The first-order valence-corrected chi connectivity index (χ1v) is 4.83. The molecule has 1 heterocycles. The van der Waals surface area contributed by atoms with Crippen LogP contribution in [-0.4, -0.2) is 23.8 Å². The molecule has 4 heteroatoms. The van der Waals surface area contributed by atoms with Crippen molar-refractivity contribution in [2.45, 2.75) is 13.8 Å². The lowest BCUT2D eigenvalue weighted by molar-refractivity contribution is 0.0693. The number of carbonyl (C=O) groups excluding carboxylic acids is 2. The second-order valence-corrected chi connectivity index (χ2v) is 2.97. The molecule has 2 rings (SSSR count). The summed E-state index contributed by atoms with van der Waals surface area (Å²) in [6.45, 7) is 4.00. The molecule has 0 unspecified atom stereocenters. The van der Waals surface area contributed by atoms with Crippen LogP contribution in [0.25, 0.3) is 0 Å². The van der Waals surface area contributed by atoms with Crippen LogP contribution in [0.3, 0.4) is 0 Å². The van der Waals surface area contributed by atoms with Gasteiger partial charge in [-0.2, -0.15) is 0 Å². The molecule has 0 aliphatic carbocycles. The third-order valence-corrected chi connectivity index (χ3v) is 2.11. The largest absolute Gasteiger partial charge is 0.399 e. The first-order valence-electron chi connectivity index (χ1n) is 4.83. The van der Waals surface area contributed by atoms with Crippen molar-refractivity contribution in [3.05, 3.63) is 29.3 Å². The van der Waals surface area contributed by atoms with Crippen LogP contribution in [0.2, 0.25) is 0 Å². The minimum atomic E-state index is -0.285. The van der Waals surface area contributed by atoms with Gasteiger partial charge >= 0.3 is 0 Å². The first kappa shape index (κ1) is 11.2. The van der Waals surface area contributed by atoms with E-state index in [-0.39, 0.29) is 11.8 Å². The average Bonchev–Trinajstić information content (AvgIpc) is 2.47. The molecule has 2 N–H and O–H groups in total. The molecule has 0 bridgehead atoms. The summed E-state index contributed by atoms with van der Waals surface area (Å²) in [6, 6.07) is 4.72. The Bertz CT molecular complexity index is 413. The smallest absolute Gasteiger partial charge is 0.261 e. The molecule has 1 aromatic rings. The lowest BCUT2D eigenvalue weighted by atomic mass is 10.1. The molecule has 0 radical (unpaired) electrons. The van der Waals surface area contributed by atoms with Gasteiger partial charge in [-0.15, -0.1) is 0 Å². The van der Waals surface area contributed by atoms with E-state index in [1.54, 1.807) is 12.1 Å². The summed E-state index contributed by atoms with van der Waals surface area (Å²) in [5.41, 5.74) is 6.83. The standard InChI is InChI=1S/C9H8N2O2.C2H6/c1-11-8(12)6-3-2-5(10)4-7(6)9(11)13;1-2/h2-4H,10H2,1H3;1-2H3. The number of nitrogens with zero attached hydrogens (tertiary/aromatic N) is 1. The number of fused-ring (bicyclic) bond motifs is 1. The van der Waals surface area contributed by atoms with Crippen LogP contribution in [-0.2, 0) is 0 Å². The molecule has 0 fully saturated rings. The van der Waals surface area contributed by atoms with E-state index in [1.165, 1.54) is 13.1 Å². The summed E-state index contributed by atoms with van der Waals surface area (Å²) in [6.07, 6.45) is 0. The zero-order chi connectivity index (χ0) is 11.6. The highest BCUT2D eigenvalue weighted by atomic mass is 16.2. The van der Waals surface area contributed by atoms with Crippen molar-refractivity contribution < 1.29 is 9.59 Å². The van der Waals surface area contributed by atoms with Crippen molar-refractivity contribution in [1.29, 1.82) is 0 Å². The van der Waals surface area contributed by atoms with Gasteiger partial charge in [0.1, 0.15) is 0 Å². The zero-order valence-corrected chi connectivity index (χ0v) is 9.07. The summed E-state index contributed by atoms with van der Waals surface area (Å²) in [5.74, 6) is -0.549. The number of benzene rings is 1. The van der Waals surface area contributed by atoms with Crippen LogP contribution >= 0.6 is 0 Å². The zero-order valence-electron chi connectivity index (χ0n) is 9.07. The Morgan fingerprint density at radius 3 is 2.20 bits per heavy atom.